The minimum absolute atomic E-state index is 0.171. The fraction of sp³-hybridized carbons (Fsp3) is 0.800. The van der Waals surface area contributed by atoms with Gasteiger partial charge in [-0.1, -0.05) is 50.0 Å². The maximum Gasteiger partial charge on any atom is 0.222 e. The van der Waals surface area contributed by atoms with Gasteiger partial charge in [0.25, 0.3) is 0 Å². The molecule has 3 fully saturated rings. The molecular weight excluding hydrogens is 378 g/mol. The van der Waals surface area contributed by atoms with E-state index in [0.717, 1.165) is 70.9 Å². The number of rotatable bonds is 10. The normalized spacial score (nSPS) is 31.6. The summed E-state index contributed by atoms with van der Waals surface area (Å²) >= 11 is 0. The molecule has 0 aromatic carbocycles. The number of aliphatic hydroxyl groups is 2. The Labute approximate surface area is 182 Å². The first kappa shape index (κ1) is 23.5. The Morgan fingerprint density at radius 1 is 1.23 bits per heavy atom. The predicted octanol–water partition coefficient (Wildman–Crippen LogP) is 3.85. The van der Waals surface area contributed by atoms with Crippen molar-refractivity contribution in [2.45, 2.75) is 83.3 Å². The van der Waals surface area contributed by atoms with E-state index in [4.69, 9.17) is 4.74 Å². The monoisotopic (exact) mass is 419 g/mol. The van der Waals surface area contributed by atoms with Crippen molar-refractivity contribution >= 4 is 5.91 Å². The van der Waals surface area contributed by atoms with Crippen LogP contribution in [0.3, 0.4) is 0 Å². The molecule has 2 saturated carbocycles. The van der Waals surface area contributed by atoms with Crippen LogP contribution >= 0.6 is 0 Å². The van der Waals surface area contributed by atoms with E-state index in [1.165, 1.54) is 5.57 Å². The van der Waals surface area contributed by atoms with Crippen LogP contribution < -0.4 is 0 Å². The summed E-state index contributed by atoms with van der Waals surface area (Å²) in [6.07, 6.45) is 15.4. The van der Waals surface area contributed by atoms with Crippen molar-refractivity contribution in [3.63, 3.8) is 0 Å². The quantitative estimate of drug-likeness (QED) is 0.417. The highest BCUT2D eigenvalue weighted by Gasteiger charge is 2.44. The SMILES string of the molecule is CCCCC[C@H](O)/C=C/[C@@H]1[C@H]2CC(=CCCCC(=O)N3CCOCC3)C[C@H]2C[C@H]1O. The van der Waals surface area contributed by atoms with Gasteiger partial charge >= 0.3 is 0 Å². The highest BCUT2D eigenvalue weighted by atomic mass is 16.5. The van der Waals surface area contributed by atoms with E-state index >= 15 is 0 Å². The van der Waals surface area contributed by atoms with Crippen molar-refractivity contribution in [2.24, 2.45) is 17.8 Å². The molecule has 3 rings (SSSR count). The molecule has 1 aliphatic heterocycles. The molecule has 5 heteroatoms. The van der Waals surface area contributed by atoms with Crippen LogP contribution in [0, 0.1) is 17.8 Å². The molecule has 5 nitrogen and oxygen atoms in total. The molecule has 5 atom stereocenters. The van der Waals surface area contributed by atoms with Gasteiger partial charge in [-0.05, 0) is 50.4 Å². The fourth-order valence-electron chi connectivity index (χ4n) is 5.43. The fourth-order valence-corrected chi connectivity index (χ4v) is 5.43. The first-order valence-corrected chi connectivity index (χ1v) is 12.2. The number of fused-ring (bicyclic) bond motifs is 1. The summed E-state index contributed by atoms with van der Waals surface area (Å²) in [6, 6.07) is 0. The van der Waals surface area contributed by atoms with E-state index in [1.807, 2.05) is 11.0 Å². The summed E-state index contributed by atoms with van der Waals surface area (Å²) in [6.45, 7) is 4.96. The average molecular weight is 420 g/mol. The number of hydrogen-bond acceptors (Lipinski definition) is 4. The van der Waals surface area contributed by atoms with Crippen molar-refractivity contribution in [1.29, 1.82) is 0 Å². The van der Waals surface area contributed by atoms with E-state index in [9.17, 15) is 15.0 Å². The van der Waals surface area contributed by atoms with Gasteiger partial charge in [0.05, 0.1) is 25.4 Å². The number of aliphatic hydroxyl groups excluding tert-OH is 2. The van der Waals surface area contributed by atoms with E-state index in [0.29, 0.717) is 31.5 Å². The molecular formula is C25H41NO4. The molecule has 0 spiro atoms. The number of morpholine rings is 1. The standard InChI is InChI=1S/C25H41NO4/c1-2-3-4-8-21(27)10-11-22-23-17-19(16-20(23)18-24(22)28)7-5-6-9-25(29)26-12-14-30-15-13-26/h7,10-11,20-24,27-28H,2-6,8-9,12-18H2,1H3/b11-10+,19-7?/t20-,21-,22+,23-,24+/m0/s1. The first-order chi connectivity index (χ1) is 14.6. The Bertz CT molecular complexity index is 596. The van der Waals surface area contributed by atoms with Crippen LogP contribution in [0.2, 0.25) is 0 Å². The molecule has 0 aromatic rings. The molecule has 0 unspecified atom stereocenters. The number of unbranched alkanes of at least 4 members (excludes halogenated alkanes) is 3. The van der Waals surface area contributed by atoms with Crippen molar-refractivity contribution in [3.8, 4) is 0 Å². The molecule has 0 radical (unpaired) electrons. The Kier molecular flexibility index (Phi) is 9.41. The van der Waals surface area contributed by atoms with Gasteiger partial charge in [0.15, 0.2) is 0 Å². The lowest BCUT2D eigenvalue weighted by atomic mass is 9.90. The van der Waals surface area contributed by atoms with E-state index in [1.54, 1.807) is 0 Å². The topological polar surface area (TPSA) is 70.0 Å². The van der Waals surface area contributed by atoms with Crippen LogP contribution in [0.25, 0.3) is 0 Å². The summed E-state index contributed by atoms with van der Waals surface area (Å²) in [4.78, 5) is 14.2. The van der Waals surface area contributed by atoms with Gasteiger partial charge in [0.1, 0.15) is 0 Å². The molecule has 170 valence electrons. The summed E-state index contributed by atoms with van der Waals surface area (Å²) in [5, 5.41) is 20.7. The number of carbonyl (C=O) groups is 1. The van der Waals surface area contributed by atoms with Crippen LogP contribution in [-0.2, 0) is 9.53 Å². The lowest BCUT2D eigenvalue weighted by Crippen LogP contribution is -2.40. The third kappa shape index (κ3) is 6.66. The third-order valence-electron chi connectivity index (χ3n) is 7.16. The number of nitrogens with zero attached hydrogens (tertiary/aromatic N) is 1. The molecule has 1 heterocycles. The van der Waals surface area contributed by atoms with Gasteiger partial charge in [-0.2, -0.15) is 0 Å². The Balaban J connectivity index is 1.41. The first-order valence-electron chi connectivity index (χ1n) is 12.2. The molecule has 0 aromatic heterocycles. The van der Waals surface area contributed by atoms with Crippen LogP contribution in [0.4, 0.5) is 0 Å². The van der Waals surface area contributed by atoms with E-state index in [2.05, 4.69) is 19.1 Å². The number of ether oxygens (including phenoxy) is 1. The smallest absolute Gasteiger partial charge is 0.222 e. The number of carbonyl (C=O) groups excluding carboxylic acids is 1. The lowest BCUT2D eigenvalue weighted by molar-refractivity contribution is -0.135. The summed E-state index contributed by atoms with van der Waals surface area (Å²) in [7, 11) is 0. The number of allylic oxidation sites excluding steroid dienone is 2. The Morgan fingerprint density at radius 3 is 2.80 bits per heavy atom. The molecule has 0 bridgehead atoms. The van der Waals surface area contributed by atoms with Crippen LogP contribution in [0.5, 0.6) is 0 Å². The van der Waals surface area contributed by atoms with Crippen LogP contribution in [-0.4, -0.2) is 59.5 Å². The minimum Gasteiger partial charge on any atom is -0.392 e. The average Bonchev–Trinajstić information content (AvgIpc) is 3.26. The van der Waals surface area contributed by atoms with Crippen molar-refractivity contribution in [2.75, 3.05) is 26.3 Å². The zero-order valence-electron chi connectivity index (χ0n) is 18.7. The van der Waals surface area contributed by atoms with Gasteiger partial charge in [0, 0.05) is 25.4 Å². The molecule has 2 N–H and O–H groups in total. The second-order valence-electron chi connectivity index (χ2n) is 9.41. The molecule has 1 saturated heterocycles. The number of hydrogen-bond donors (Lipinski definition) is 2. The molecule has 1 amide bonds. The number of amides is 1. The van der Waals surface area contributed by atoms with Gasteiger partial charge in [-0.25, -0.2) is 0 Å². The third-order valence-corrected chi connectivity index (χ3v) is 7.16. The Morgan fingerprint density at radius 2 is 2.03 bits per heavy atom. The summed E-state index contributed by atoms with van der Waals surface area (Å²) < 4.78 is 5.31. The van der Waals surface area contributed by atoms with Gasteiger partial charge in [-0.15, -0.1) is 0 Å². The van der Waals surface area contributed by atoms with Crippen molar-refractivity contribution in [1.82, 2.24) is 4.90 Å². The molecule has 2 aliphatic carbocycles. The zero-order valence-corrected chi connectivity index (χ0v) is 18.7. The second kappa shape index (κ2) is 12.0. The largest absolute Gasteiger partial charge is 0.392 e. The molecule has 3 aliphatic rings. The second-order valence-corrected chi connectivity index (χ2v) is 9.41. The van der Waals surface area contributed by atoms with Gasteiger partial charge < -0.3 is 19.8 Å². The highest BCUT2D eigenvalue weighted by molar-refractivity contribution is 5.76. The van der Waals surface area contributed by atoms with E-state index in [-0.39, 0.29) is 24.0 Å². The maximum atomic E-state index is 12.2. The maximum absolute atomic E-state index is 12.2. The van der Waals surface area contributed by atoms with Crippen LogP contribution in [0.1, 0.15) is 71.1 Å². The minimum atomic E-state index is -0.386. The summed E-state index contributed by atoms with van der Waals surface area (Å²) in [5.41, 5.74) is 1.50. The van der Waals surface area contributed by atoms with Gasteiger partial charge in [0.2, 0.25) is 5.91 Å². The van der Waals surface area contributed by atoms with Crippen molar-refractivity contribution in [3.05, 3.63) is 23.8 Å². The lowest BCUT2D eigenvalue weighted by Gasteiger charge is -2.26. The molecule has 30 heavy (non-hydrogen) atoms. The highest BCUT2D eigenvalue weighted by Crippen LogP contribution is 2.50. The zero-order chi connectivity index (χ0) is 21.3. The summed E-state index contributed by atoms with van der Waals surface area (Å²) in [5.74, 6) is 1.49. The van der Waals surface area contributed by atoms with Gasteiger partial charge in [-0.3, -0.25) is 4.79 Å². The van der Waals surface area contributed by atoms with E-state index < -0.39 is 0 Å². The van der Waals surface area contributed by atoms with Crippen molar-refractivity contribution < 1.29 is 19.7 Å². The predicted molar refractivity (Wildman–Crippen MR) is 119 cm³/mol. The Hall–Kier alpha value is -1.17. The van der Waals surface area contributed by atoms with Crippen LogP contribution in [0.15, 0.2) is 23.8 Å².